The summed E-state index contributed by atoms with van der Waals surface area (Å²) in [5, 5.41) is 7.92. The molecule has 1 amide bonds. The van der Waals surface area contributed by atoms with E-state index in [1.165, 1.54) is 0 Å². The fraction of sp³-hybridized carbons (Fsp3) is 0.238. The van der Waals surface area contributed by atoms with Gasteiger partial charge in [0.15, 0.2) is 0 Å². The van der Waals surface area contributed by atoms with Crippen molar-refractivity contribution >= 4 is 17.5 Å². The van der Waals surface area contributed by atoms with Gasteiger partial charge in [0.1, 0.15) is 5.75 Å². The first-order chi connectivity index (χ1) is 13.0. The summed E-state index contributed by atoms with van der Waals surface area (Å²) in [6, 6.07) is 13.4. The van der Waals surface area contributed by atoms with Crippen molar-refractivity contribution in [1.29, 1.82) is 0 Å². The van der Waals surface area contributed by atoms with E-state index in [4.69, 9.17) is 16.3 Å². The van der Waals surface area contributed by atoms with Gasteiger partial charge < -0.3 is 10.1 Å². The van der Waals surface area contributed by atoms with Gasteiger partial charge in [0.05, 0.1) is 30.3 Å². The average molecular weight is 384 g/mol. The fourth-order valence-corrected chi connectivity index (χ4v) is 3.19. The maximum Gasteiger partial charge on any atom is 0.254 e. The molecule has 1 N–H and O–H groups in total. The molecule has 1 aromatic heterocycles. The molecule has 2 aromatic carbocycles. The predicted molar refractivity (Wildman–Crippen MR) is 107 cm³/mol. The van der Waals surface area contributed by atoms with E-state index < -0.39 is 0 Å². The largest absolute Gasteiger partial charge is 0.496 e. The molecule has 6 heteroatoms. The van der Waals surface area contributed by atoms with Crippen LogP contribution in [0.5, 0.6) is 5.75 Å². The SMILES string of the molecule is COc1ccc(C)cc1CCNC(=O)c1cnn(-c2cccc(Cl)c2)c1C. The first kappa shape index (κ1) is 19.0. The average Bonchev–Trinajstić information content (AvgIpc) is 3.03. The predicted octanol–water partition coefficient (Wildman–Crippen LogP) is 4.12. The first-order valence-corrected chi connectivity index (χ1v) is 9.09. The molecule has 0 radical (unpaired) electrons. The summed E-state index contributed by atoms with van der Waals surface area (Å²) in [7, 11) is 1.65. The lowest BCUT2D eigenvalue weighted by molar-refractivity contribution is 0.0953. The van der Waals surface area contributed by atoms with Crippen LogP contribution >= 0.6 is 11.6 Å². The highest BCUT2D eigenvalue weighted by Crippen LogP contribution is 2.20. The van der Waals surface area contributed by atoms with Gasteiger partial charge in [-0.3, -0.25) is 4.79 Å². The van der Waals surface area contributed by atoms with Crippen LogP contribution in [0, 0.1) is 13.8 Å². The molecule has 3 rings (SSSR count). The molecule has 0 aliphatic carbocycles. The van der Waals surface area contributed by atoms with Crippen molar-refractivity contribution in [2.24, 2.45) is 0 Å². The highest BCUT2D eigenvalue weighted by atomic mass is 35.5. The third-order valence-corrected chi connectivity index (χ3v) is 4.66. The van der Waals surface area contributed by atoms with Crippen molar-refractivity contribution in [1.82, 2.24) is 15.1 Å². The van der Waals surface area contributed by atoms with E-state index >= 15 is 0 Å². The number of ether oxygens (including phenoxy) is 1. The number of hydrogen-bond donors (Lipinski definition) is 1. The lowest BCUT2D eigenvalue weighted by Gasteiger charge is -2.10. The minimum absolute atomic E-state index is 0.146. The van der Waals surface area contributed by atoms with E-state index in [1.807, 2.05) is 44.2 Å². The number of hydrogen-bond acceptors (Lipinski definition) is 3. The molecule has 0 bridgehead atoms. The van der Waals surface area contributed by atoms with E-state index in [-0.39, 0.29) is 5.91 Å². The number of nitrogens with one attached hydrogen (secondary N) is 1. The number of carbonyl (C=O) groups excluding carboxylic acids is 1. The van der Waals surface area contributed by atoms with Crippen molar-refractivity contribution < 1.29 is 9.53 Å². The standard InChI is InChI=1S/C21H22ClN3O2/c1-14-7-8-20(27-3)16(11-14)9-10-23-21(26)19-13-24-25(15(19)2)18-6-4-5-17(22)12-18/h4-8,11-13H,9-10H2,1-3H3,(H,23,26). The number of rotatable bonds is 6. The van der Waals surface area contributed by atoms with Crippen LogP contribution in [0.2, 0.25) is 5.02 Å². The molecule has 0 aliphatic heterocycles. The van der Waals surface area contributed by atoms with E-state index in [0.29, 0.717) is 23.6 Å². The van der Waals surface area contributed by atoms with Gasteiger partial charge in [0.2, 0.25) is 0 Å². The van der Waals surface area contributed by atoms with Gasteiger partial charge in [-0.1, -0.05) is 35.4 Å². The summed E-state index contributed by atoms with van der Waals surface area (Å²) in [4.78, 5) is 12.6. The van der Waals surface area contributed by atoms with Gasteiger partial charge in [-0.25, -0.2) is 4.68 Å². The van der Waals surface area contributed by atoms with Gasteiger partial charge in [-0.05, 0) is 50.1 Å². The molecule has 0 saturated carbocycles. The Hall–Kier alpha value is -2.79. The number of carbonyl (C=O) groups is 1. The molecule has 0 atom stereocenters. The molecule has 0 fully saturated rings. The number of amides is 1. The number of halogens is 1. The van der Waals surface area contributed by atoms with Crippen molar-refractivity contribution in [2.45, 2.75) is 20.3 Å². The van der Waals surface area contributed by atoms with Gasteiger partial charge in [-0.15, -0.1) is 0 Å². The second-order valence-corrected chi connectivity index (χ2v) is 6.79. The molecule has 0 unspecified atom stereocenters. The van der Waals surface area contributed by atoms with Crippen molar-refractivity contribution in [3.8, 4) is 11.4 Å². The minimum atomic E-state index is -0.146. The van der Waals surface area contributed by atoms with Crippen LogP contribution in [0.1, 0.15) is 27.2 Å². The summed E-state index contributed by atoms with van der Waals surface area (Å²) in [6.45, 7) is 4.42. The van der Waals surface area contributed by atoms with Crippen LogP contribution in [-0.2, 0) is 6.42 Å². The number of aromatic nitrogens is 2. The number of aryl methyl sites for hydroxylation is 1. The molecule has 27 heavy (non-hydrogen) atoms. The third kappa shape index (κ3) is 4.31. The van der Waals surface area contributed by atoms with Gasteiger partial charge in [0, 0.05) is 11.6 Å². The zero-order valence-electron chi connectivity index (χ0n) is 15.6. The van der Waals surface area contributed by atoms with Crippen molar-refractivity contribution in [2.75, 3.05) is 13.7 Å². The Balaban J connectivity index is 1.68. The minimum Gasteiger partial charge on any atom is -0.496 e. The summed E-state index contributed by atoms with van der Waals surface area (Å²) >= 11 is 6.05. The Labute approximate surface area is 163 Å². The quantitative estimate of drug-likeness (QED) is 0.696. The highest BCUT2D eigenvalue weighted by molar-refractivity contribution is 6.30. The zero-order chi connectivity index (χ0) is 19.4. The Bertz CT molecular complexity index is 966. The maximum atomic E-state index is 12.6. The second-order valence-electron chi connectivity index (χ2n) is 6.36. The topological polar surface area (TPSA) is 56.1 Å². The molecule has 5 nitrogen and oxygen atoms in total. The van der Waals surface area contributed by atoms with Gasteiger partial charge in [0.25, 0.3) is 5.91 Å². The summed E-state index contributed by atoms with van der Waals surface area (Å²) in [5.41, 5.74) is 4.37. The van der Waals surface area contributed by atoms with Gasteiger partial charge in [-0.2, -0.15) is 5.10 Å². The molecule has 1 heterocycles. The first-order valence-electron chi connectivity index (χ1n) is 8.72. The number of nitrogens with zero attached hydrogens (tertiary/aromatic N) is 2. The van der Waals surface area contributed by atoms with Crippen molar-refractivity contribution in [3.63, 3.8) is 0 Å². The summed E-state index contributed by atoms with van der Waals surface area (Å²) in [6.07, 6.45) is 2.27. The zero-order valence-corrected chi connectivity index (χ0v) is 16.4. The van der Waals surface area contributed by atoms with Crippen LogP contribution in [0.15, 0.2) is 48.7 Å². The van der Waals surface area contributed by atoms with E-state index in [9.17, 15) is 4.79 Å². The lowest BCUT2D eigenvalue weighted by Crippen LogP contribution is -2.26. The lowest BCUT2D eigenvalue weighted by atomic mass is 10.1. The molecule has 0 spiro atoms. The van der Waals surface area contributed by atoms with E-state index in [1.54, 1.807) is 24.1 Å². The number of methoxy groups -OCH3 is 1. The fourth-order valence-electron chi connectivity index (χ4n) is 3.01. The van der Waals surface area contributed by atoms with E-state index in [0.717, 1.165) is 28.3 Å². The van der Waals surface area contributed by atoms with Crippen LogP contribution < -0.4 is 10.1 Å². The maximum absolute atomic E-state index is 12.6. The Morgan fingerprint density at radius 3 is 2.78 bits per heavy atom. The van der Waals surface area contributed by atoms with Crippen LogP contribution in [0.4, 0.5) is 0 Å². The monoisotopic (exact) mass is 383 g/mol. The second kappa shape index (κ2) is 8.27. The Morgan fingerprint density at radius 2 is 2.04 bits per heavy atom. The number of benzene rings is 2. The third-order valence-electron chi connectivity index (χ3n) is 4.42. The Morgan fingerprint density at radius 1 is 1.22 bits per heavy atom. The molecular weight excluding hydrogens is 362 g/mol. The molecule has 0 aliphatic rings. The van der Waals surface area contributed by atoms with Crippen LogP contribution in [-0.4, -0.2) is 29.3 Å². The highest BCUT2D eigenvalue weighted by Gasteiger charge is 2.15. The molecule has 0 saturated heterocycles. The van der Waals surface area contributed by atoms with Crippen LogP contribution in [0.3, 0.4) is 0 Å². The van der Waals surface area contributed by atoms with Gasteiger partial charge >= 0.3 is 0 Å². The molecular formula is C21H22ClN3O2. The molecule has 3 aromatic rings. The van der Waals surface area contributed by atoms with Crippen molar-refractivity contribution in [3.05, 3.63) is 76.1 Å². The Kier molecular flexibility index (Phi) is 5.81. The smallest absolute Gasteiger partial charge is 0.254 e. The van der Waals surface area contributed by atoms with E-state index in [2.05, 4.69) is 16.5 Å². The molecule has 140 valence electrons. The summed E-state index contributed by atoms with van der Waals surface area (Å²) < 4.78 is 7.10. The normalized spacial score (nSPS) is 10.7. The van der Waals surface area contributed by atoms with Crippen LogP contribution in [0.25, 0.3) is 5.69 Å². The summed E-state index contributed by atoms with van der Waals surface area (Å²) in [5.74, 6) is 0.687.